The zero-order valence-corrected chi connectivity index (χ0v) is 9.93. The zero-order valence-electron chi connectivity index (χ0n) is 9.93. The molecule has 0 saturated carbocycles. The lowest BCUT2D eigenvalue weighted by Crippen LogP contribution is -2.46. The van der Waals surface area contributed by atoms with Gasteiger partial charge in [0.1, 0.15) is 24.4 Å². The highest BCUT2D eigenvalue weighted by molar-refractivity contribution is 5.90. The molecule has 0 radical (unpaired) electrons. The van der Waals surface area contributed by atoms with Gasteiger partial charge in [-0.1, -0.05) is 6.58 Å². The van der Waals surface area contributed by atoms with Crippen molar-refractivity contribution in [3.05, 3.63) is 12.2 Å². The summed E-state index contributed by atoms with van der Waals surface area (Å²) in [4.78, 5) is 19.7. The van der Waals surface area contributed by atoms with Crippen molar-refractivity contribution >= 4 is 12.2 Å². The number of aldehydes is 1. The molecule has 0 aromatic carbocycles. The molecule has 0 aliphatic carbocycles. The smallest absolute Gasteiger partial charge is 0.243 e. The highest BCUT2D eigenvalue weighted by atomic mass is 16.4. The van der Waals surface area contributed by atoms with E-state index in [0.717, 1.165) is 0 Å². The second-order valence-corrected chi connectivity index (χ2v) is 3.50. The second kappa shape index (κ2) is 9.68. The fourth-order valence-corrected chi connectivity index (χ4v) is 0.618. The number of carbonyl (C=O) groups is 2. The Hall–Kier alpha value is -1.32. The van der Waals surface area contributed by atoms with Gasteiger partial charge in [0.25, 0.3) is 0 Å². The largest absolute Gasteiger partial charge is 0.394 e. The monoisotopic (exact) mass is 265 g/mol. The number of rotatable bonds is 6. The quantitative estimate of drug-likeness (QED) is 0.216. The first-order chi connectivity index (χ1) is 8.18. The third-order valence-electron chi connectivity index (χ3n) is 1.84. The molecule has 18 heavy (non-hydrogen) atoms. The van der Waals surface area contributed by atoms with Crippen LogP contribution >= 0.6 is 0 Å². The number of nitrogens with two attached hydrogens (primary N) is 1. The van der Waals surface area contributed by atoms with E-state index in [1.54, 1.807) is 6.92 Å². The van der Waals surface area contributed by atoms with E-state index in [2.05, 4.69) is 6.58 Å². The van der Waals surface area contributed by atoms with E-state index in [4.69, 9.17) is 31.3 Å². The van der Waals surface area contributed by atoms with Crippen molar-refractivity contribution in [2.75, 3.05) is 6.61 Å². The van der Waals surface area contributed by atoms with Crippen LogP contribution in [0, 0.1) is 0 Å². The molecule has 0 rings (SSSR count). The van der Waals surface area contributed by atoms with Gasteiger partial charge in [-0.05, 0) is 6.92 Å². The van der Waals surface area contributed by atoms with Gasteiger partial charge < -0.3 is 36.1 Å². The van der Waals surface area contributed by atoms with Crippen LogP contribution in [-0.2, 0) is 9.59 Å². The number of aliphatic hydroxyl groups is 5. The first-order valence-electron chi connectivity index (χ1n) is 4.92. The van der Waals surface area contributed by atoms with E-state index in [1.807, 2.05) is 0 Å². The Morgan fingerprint density at radius 1 is 1.28 bits per heavy atom. The number of amides is 1. The normalized spacial score (nSPS) is 16.6. The summed E-state index contributed by atoms with van der Waals surface area (Å²) in [5, 5.41) is 43.5. The second-order valence-electron chi connectivity index (χ2n) is 3.50. The molecule has 8 nitrogen and oxygen atoms in total. The maximum atomic E-state index is 9.90. The van der Waals surface area contributed by atoms with E-state index >= 15 is 0 Å². The molecule has 0 heterocycles. The average Bonchev–Trinajstić information content (AvgIpc) is 2.35. The predicted molar refractivity (Wildman–Crippen MR) is 61.2 cm³/mol. The highest BCUT2D eigenvalue weighted by Gasteiger charge is 2.29. The summed E-state index contributed by atoms with van der Waals surface area (Å²) in [6.07, 6.45) is -6.84. The van der Waals surface area contributed by atoms with Crippen LogP contribution in [0.15, 0.2) is 12.2 Å². The van der Waals surface area contributed by atoms with E-state index in [0.29, 0.717) is 5.57 Å². The van der Waals surface area contributed by atoms with Crippen molar-refractivity contribution in [2.45, 2.75) is 31.3 Å². The van der Waals surface area contributed by atoms with Crippen LogP contribution in [0.1, 0.15) is 6.92 Å². The van der Waals surface area contributed by atoms with Gasteiger partial charge in [0.2, 0.25) is 5.91 Å². The molecule has 7 N–H and O–H groups in total. The van der Waals surface area contributed by atoms with E-state index in [-0.39, 0.29) is 6.29 Å². The number of hydrogen-bond acceptors (Lipinski definition) is 7. The van der Waals surface area contributed by atoms with Gasteiger partial charge in [-0.3, -0.25) is 4.79 Å². The Balaban J connectivity index is 0. The summed E-state index contributed by atoms with van der Waals surface area (Å²) in [6.45, 7) is 4.09. The third-order valence-corrected chi connectivity index (χ3v) is 1.84. The molecule has 0 unspecified atom stereocenters. The highest BCUT2D eigenvalue weighted by Crippen LogP contribution is 2.02. The molecule has 0 saturated heterocycles. The van der Waals surface area contributed by atoms with E-state index < -0.39 is 36.9 Å². The average molecular weight is 265 g/mol. The minimum Gasteiger partial charge on any atom is -0.394 e. The van der Waals surface area contributed by atoms with Crippen molar-refractivity contribution in [2.24, 2.45) is 5.73 Å². The maximum absolute atomic E-state index is 9.90. The van der Waals surface area contributed by atoms with E-state index in [1.165, 1.54) is 0 Å². The van der Waals surface area contributed by atoms with Gasteiger partial charge >= 0.3 is 0 Å². The third kappa shape index (κ3) is 7.87. The number of hydrogen-bond donors (Lipinski definition) is 6. The van der Waals surface area contributed by atoms with Crippen LogP contribution in [0.25, 0.3) is 0 Å². The summed E-state index contributed by atoms with van der Waals surface area (Å²) in [5.41, 5.74) is 5.09. The van der Waals surface area contributed by atoms with Crippen molar-refractivity contribution in [1.29, 1.82) is 0 Å². The topological polar surface area (TPSA) is 161 Å². The van der Waals surface area contributed by atoms with Gasteiger partial charge in [0.05, 0.1) is 6.61 Å². The molecule has 0 aromatic heterocycles. The number of aliphatic hydroxyl groups excluding tert-OH is 5. The Labute approximate surface area is 104 Å². The molecule has 0 aliphatic rings. The predicted octanol–water partition coefficient (Wildman–Crippen LogP) is -3.33. The van der Waals surface area contributed by atoms with Crippen LogP contribution in [0.5, 0.6) is 0 Å². The molecule has 0 spiro atoms. The lowest BCUT2D eigenvalue weighted by Gasteiger charge is -2.22. The molecule has 0 aliphatic heterocycles. The Morgan fingerprint density at radius 3 is 1.89 bits per heavy atom. The lowest BCUT2D eigenvalue weighted by molar-refractivity contribution is -0.136. The van der Waals surface area contributed by atoms with Crippen LogP contribution in [-0.4, -0.2) is 68.7 Å². The molecule has 1 amide bonds. The molecule has 4 atom stereocenters. The lowest BCUT2D eigenvalue weighted by atomic mass is 10.0. The van der Waals surface area contributed by atoms with Crippen LogP contribution in [0.3, 0.4) is 0 Å². The molecule has 0 aromatic rings. The van der Waals surface area contributed by atoms with E-state index in [9.17, 15) is 9.59 Å². The van der Waals surface area contributed by atoms with Crippen molar-refractivity contribution in [1.82, 2.24) is 0 Å². The fourth-order valence-electron chi connectivity index (χ4n) is 0.618. The standard InChI is InChI=1S/C6H12O6.C4H7NO/c7-1-3(9)5(11)6(12)4(10)2-8;1-3(2)4(5)6/h1,3-6,8-12H,2H2;1H2,2H3,(H2,5,6)/t3-,4+,5+,6-;/m0./s1. The molecule has 0 fully saturated rings. The SMILES string of the molecule is C=C(C)C(N)=O.O=C[C@H](O)[C@@H](O)[C@@H](O)[C@H](O)CO. The molecule has 106 valence electrons. The van der Waals surface area contributed by atoms with Crippen molar-refractivity contribution in [3.8, 4) is 0 Å². The van der Waals surface area contributed by atoms with Gasteiger partial charge in [-0.25, -0.2) is 0 Å². The Kier molecular flexibility index (Phi) is 10.2. The minimum absolute atomic E-state index is 0.0258. The molecule has 0 bridgehead atoms. The van der Waals surface area contributed by atoms with Gasteiger partial charge in [-0.2, -0.15) is 0 Å². The first kappa shape index (κ1) is 19.0. The summed E-state index contributed by atoms with van der Waals surface area (Å²) in [7, 11) is 0. The Morgan fingerprint density at radius 2 is 1.67 bits per heavy atom. The van der Waals surface area contributed by atoms with Gasteiger partial charge in [0.15, 0.2) is 6.29 Å². The minimum atomic E-state index is -1.79. The Bertz CT molecular complexity index is 269. The molecular weight excluding hydrogens is 246 g/mol. The maximum Gasteiger partial charge on any atom is 0.243 e. The van der Waals surface area contributed by atoms with Crippen LogP contribution in [0.4, 0.5) is 0 Å². The van der Waals surface area contributed by atoms with Gasteiger partial charge in [0, 0.05) is 5.57 Å². The van der Waals surface area contributed by atoms with Crippen molar-refractivity contribution < 1.29 is 35.1 Å². The summed E-state index contributed by atoms with van der Waals surface area (Å²) < 4.78 is 0. The summed E-state index contributed by atoms with van der Waals surface area (Å²) in [6, 6.07) is 0. The zero-order chi connectivity index (χ0) is 14.9. The number of carbonyl (C=O) groups excluding carboxylic acids is 2. The van der Waals surface area contributed by atoms with Gasteiger partial charge in [-0.15, -0.1) is 0 Å². The fraction of sp³-hybridized carbons (Fsp3) is 0.600. The van der Waals surface area contributed by atoms with Crippen molar-refractivity contribution in [3.63, 3.8) is 0 Å². The van der Waals surface area contributed by atoms with Crippen LogP contribution in [0.2, 0.25) is 0 Å². The molecular formula is C10H19NO7. The first-order valence-corrected chi connectivity index (χ1v) is 4.92. The molecule has 8 heteroatoms. The summed E-state index contributed by atoms with van der Waals surface area (Å²) >= 11 is 0. The number of primary amides is 1. The van der Waals surface area contributed by atoms with Crippen LogP contribution < -0.4 is 5.73 Å². The summed E-state index contributed by atoms with van der Waals surface area (Å²) in [5.74, 6) is -0.435.